The van der Waals surface area contributed by atoms with E-state index in [2.05, 4.69) is 26.9 Å². The molecule has 4 amide bonds. The van der Waals surface area contributed by atoms with E-state index in [9.17, 15) is 32.4 Å². The molecule has 17 nitrogen and oxygen atoms in total. The number of amides is 4. The van der Waals surface area contributed by atoms with Gasteiger partial charge in [0.2, 0.25) is 33.6 Å². The van der Waals surface area contributed by atoms with Crippen LogP contribution in [0.15, 0.2) is 43.1 Å². The van der Waals surface area contributed by atoms with Gasteiger partial charge in [0.05, 0.1) is 43.8 Å². The molecule has 7 unspecified atom stereocenters. The van der Waals surface area contributed by atoms with Gasteiger partial charge in [0.15, 0.2) is 0 Å². The van der Waals surface area contributed by atoms with Crippen LogP contribution in [0.4, 0.5) is 0 Å². The molecule has 5 fully saturated rings. The molecule has 18 heteroatoms. The fourth-order valence-electron chi connectivity index (χ4n) is 7.81. The smallest absolute Gasteiger partial charge is 0.329 e. The molecule has 5 aliphatic rings. The average Bonchev–Trinajstić information content (AvgIpc) is 4.02. The molecular weight excluding hydrogens is 761 g/mol. The number of nitrogens with zero attached hydrogens (tertiary/aromatic N) is 3. The zero-order valence-electron chi connectivity index (χ0n) is 32.5. The van der Waals surface area contributed by atoms with Crippen LogP contribution < -0.4 is 24.8 Å². The Balaban J connectivity index is 1.14. The van der Waals surface area contributed by atoms with Gasteiger partial charge in [0.1, 0.15) is 35.6 Å². The summed E-state index contributed by atoms with van der Waals surface area (Å²) in [6, 6.07) is 4.38. The van der Waals surface area contributed by atoms with Gasteiger partial charge in [-0.15, -0.1) is 6.58 Å². The van der Waals surface area contributed by atoms with Crippen molar-refractivity contribution in [3.8, 4) is 11.6 Å². The monoisotopic (exact) mass is 810 g/mol. The van der Waals surface area contributed by atoms with Gasteiger partial charge in [-0.2, -0.15) is 0 Å². The lowest BCUT2D eigenvalue weighted by atomic mass is 10.1. The van der Waals surface area contributed by atoms with Crippen molar-refractivity contribution in [3.05, 3.63) is 43.1 Å². The van der Waals surface area contributed by atoms with Crippen LogP contribution in [-0.4, -0.2) is 126 Å². The standard InChI is InChI=1S/C39H50N6O11S/c1-6-23-18-39(23,37(50)43-57(51,52)27-8-9-27)42-33(47)30-16-25(55-34-28-10-7-24(53-5)15-22(28)13-14-40-34)20-45(30)35(48)29(41-21-54-38(2,3)4)11-12-32(46)44-19-26-17-31(44)36(49)56-26/h6-7,10,13-15,23,25-27,29-31,41H,1,8-9,11-12,16-21H2,2-5H3,(H,42,47)(H,43,50). The van der Waals surface area contributed by atoms with Crippen LogP contribution >= 0.6 is 0 Å². The van der Waals surface area contributed by atoms with Crippen molar-refractivity contribution in [1.29, 1.82) is 0 Å². The van der Waals surface area contributed by atoms with E-state index in [1.165, 1.54) is 15.9 Å². The van der Waals surface area contributed by atoms with Gasteiger partial charge >= 0.3 is 5.97 Å². The van der Waals surface area contributed by atoms with Crippen molar-refractivity contribution >= 4 is 50.4 Å². The molecule has 2 bridgehead atoms. The summed E-state index contributed by atoms with van der Waals surface area (Å²) >= 11 is 0. The Morgan fingerprint density at radius 1 is 1.12 bits per heavy atom. The first kappa shape index (κ1) is 40.4. The van der Waals surface area contributed by atoms with Crippen LogP contribution in [0.3, 0.4) is 0 Å². The third-order valence-electron chi connectivity index (χ3n) is 11.2. The van der Waals surface area contributed by atoms with Gasteiger partial charge in [-0.1, -0.05) is 6.08 Å². The first-order valence-electron chi connectivity index (χ1n) is 19.3. The maximum Gasteiger partial charge on any atom is 0.329 e. The number of fused-ring (bicyclic) bond motifs is 3. The minimum atomic E-state index is -3.92. The lowest BCUT2D eigenvalue weighted by molar-refractivity contribution is -0.157. The Labute approximate surface area is 331 Å². The first-order valence-corrected chi connectivity index (χ1v) is 20.8. The number of hydrogen-bond acceptors (Lipinski definition) is 13. The second-order valence-corrected chi connectivity index (χ2v) is 18.4. The second kappa shape index (κ2) is 15.5. The van der Waals surface area contributed by atoms with E-state index in [-0.39, 0.29) is 56.8 Å². The predicted molar refractivity (Wildman–Crippen MR) is 204 cm³/mol. The fourth-order valence-corrected chi connectivity index (χ4v) is 9.17. The van der Waals surface area contributed by atoms with Gasteiger partial charge in [0.25, 0.3) is 5.91 Å². The van der Waals surface area contributed by atoms with Gasteiger partial charge in [-0.3, -0.25) is 29.2 Å². The zero-order chi connectivity index (χ0) is 40.9. The second-order valence-electron chi connectivity index (χ2n) is 16.4. The molecule has 0 radical (unpaired) electrons. The average molecular weight is 811 g/mol. The Kier molecular flexibility index (Phi) is 11.0. The van der Waals surface area contributed by atoms with E-state index < -0.39 is 80.3 Å². The SMILES string of the molecule is C=CC1CC1(NC(=O)C1CC(Oc2nccc3cc(OC)ccc23)CN1C(=O)C(CCC(=O)N1CC2CC1C(=O)O2)NCOC(C)(C)C)C(=O)NS(=O)(=O)C1CC1. The number of pyridine rings is 1. The third-order valence-corrected chi connectivity index (χ3v) is 13.0. The number of carbonyl (C=O) groups excluding carboxylic acids is 5. The Morgan fingerprint density at radius 3 is 2.54 bits per heavy atom. The maximum atomic E-state index is 14.7. The number of esters is 1. The van der Waals surface area contributed by atoms with E-state index in [1.807, 2.05) is 26.8 Å². The minimum absolute atomic E-state index is 0.00568. The molecular formula is C39H50N6O11S. The van der Waals surface area contributed by atoms with Crippen LogP contribution in [0.2, 0.25) is 0 Å². The number of sulfonamides is 1. The van der Waals surface area contributed by atoms with Crippen LogP contribution in [0.25, 0.3) is 10.8 Å². The Morgan fingerprint density at radius 2 is 1.89 bits per heavy atom. The highest BCUT2D eigenvalue weighted by atomic mass is 32.2. The summed E-state index contributed by atoms with van der Waals surface area (Å²) in [7, 11) is -2.36. The fraction of sp³-hybridized carbons (Fsp3) is 0.590. The highest BCUT2D eigenvalue weighted by Crippen LogP contribution is 2.45. The van der Waals surface area contributed by atoms with Crippen molar-refractivity contribution < 1.29 is 51.3 Å². The molecule has 57 heavy (non-hydrogen) atoms. The largest absolute Gasteiger partial charge is 0.497 e. The molecule has 3 aliphatic heterocycles. The summed E-state index contributed by atoms with van der Waals surface area (Å²) in [5.74, 6) is -2.42. The number of ether oxygens (including phenoxy) is 4. The minimum Gasteiger partial charge on any atom is -0.497 e. The molecule has 4 heterocycles. The van der Waals surface area contributed by atoms with Gasteiger partial charge < -0.3 is 34.1 Å². The molecule has 1 aromatic carbocycles. The summed E-state index contributed by atoms with van der Waals surface area (Å²) < 4.78 is 50.6. The van der Waals surface area contributed by atoms with Crippen molar-refractivity contribution in [2.45, 2.75) is 112 Å². The summed E-state index contributed by atoms with van der Waals surface area (Å²) in [6.45, 7) is 9.52. The number of benzene rings is 1. The molecule has 7 atom stereocenters. The highest BCUT2D eigenvalue weighted by molar-refractivity contribution is 7.91. The van der Waals surface area contributed by atoms with E-state index in [4.69, 9.17) is 18.9 Å². The number of aromatic nitrogens is 1. The van der Waals surface area contributed by atoms with Crippen molar-refractivity contribution in [3.63, 3.8) is 0 Å². The zero-order valence-corrected chi connectivity index (χ0v) is 33.3. The van der Waals surface area contributed by atoms with Crippen molar-refractivity contribution in [1.82, 2.24) is 30.1 Å². The summed E-state index contributed by atoms with van der Waals surface area (Å²) in [6.07, 6.45) is 3.39. The Bertz CT molecular complexity index is 2070. The van der Waals surface area contributed by atoms with E-state index >= 15 is 0 Å². The number of hydrogen-bond donors (Lipinski definition) is 3. The van der Waals surface area contributed by atoms with Crippen molar-refractivity contribution in [2.24, 2.45) is 5.92 Å². The number of likely N-dealkylation sites (tertiary alicyclic amines) is 2. The predicted octanol–water partition coefficient (Wildman–Crippen LogP) is 1.30. The number of morpholine rings is 1. The molecule has 308 valence electrons. The van der Waals surface area contributed by atoms with Gasteiger partial charge in [-0.25, -0.2) is 18.2 Å². The number of rotatable bonds is 16. The molecule has 3 N–H and O–H groups in total. The van der Waals surface area contributed by atoms with Crippen LogP contribution in [0.1, 0.15) is 65.7 Å². The van der Waals surface area contributed by atoms with Crippen LogP contribution in [-0.2, 0) is 43.5 Å². The molecule has 2 aromatic rings. The van der Waals surface area contributed by atoms with E-state index in [0.29, 0.717) is 36.9 Å². The molecule has 0 spiro atoms. The van der Waals surface area contributed by atoms with E-state index in [1.54, 1.807) is 31.5 Å². The summed E-state index contributed by atoms with van der Waals surface area (Å²) in [5.41, 5.74) is -2.14. The van der Waals surface area contributed by atoms with Gasteiger partial charge in [0, 0.05) is 36.8 Å². The maximum absolute atomic E-state index is 14.7. The lowest BCUT2D eigenvalue weighted by Crippen LogP contribution is -2.58. The molecule has 1 aromatic heterocycles. The van der Waals surface area contributed by atoms with Crippen molar-refractivity contribution in [2.75, 3.05) is 26.9 Å². The molecule has 7 rings (SSSR count). The van der Waals surface area contributed by atoms with Crippen LogP contribution in [0.5, 0.6) is 11.6 Å². The number of carbonyl (C=O) groups is 5. The lowest BCUT2D eigenvalue weighted by Gasteiger charge is -2.31. The highest BCUT2D eigenvalue weighted by Gasteiger charge is 2.62. The molecule has 2 aliphatic carbocycles. The number of methoxy groups -OCH3 is 1. The number of nitrogens with one attached hydrogen (secondary N) is 3. The van der Waals surface area contributed by atoms with Crippen LogP contribution in [0, 0.1) is 5.92 Å². The molecule has 3 saturated heterocycles. The third kappa shape index (κ3) is 8.57. The quantitative estimate of drug-likeness (QED) is 0.124. The van der Waals surface area contributed by atoms with Gasteiger partial charge in [-0.05, 0) is 76.1 Å². The normalized spacial score (nSPS) is 27.2. The van der Waals surface area contributed by atoms with E-state index in [0.717, 1.165) is 5.39 Å². The Hall–Kier alpha value is -4.81. The summed E-state index contributed by atoms with van der Waals surface area (Å²) in [5, 5.41) is 6.74. The topological polar surface area (TPSA) is 212 Å². The molecule has 2 saturated carbocycles. The summed E-state index contributed by atoms with van der Waals surface area (Å²) in [4.78, 5) is 75.6. The first-order chi connectivity index (χ1) is 27.0.